The van der Waals surface area contributed by atoms with E-state index in [0.29, 0.717) is 25.6 Å². The number of aromatic nitrogens is 1. The number of amides is 2. The molecule has 0 aromatic carbocycles. The predicted octanol–water partition coefficient (Wildman–Crippen LogP) is 1.75. The molecule has 24 heavy (non-hydrogen) atoms. The Labute approximate surface area is 142 Å². The van der Waals surface area contributed by atoms with Gasteiger partial charge in [-0.05, 0) is 38.7 Å². The van der Waals surface area contributed by atoms with E-state index in [0.717, 1.165) is 37.8 Å². The Kier molecular flexibility index (Phi) is 5.33. The van der Waals surface area contributed by atoms with Crippen molar-refractivity contribution in [3.8, 4) is 5.88 Å². The van der Waals surface area contributed by atoms with E-state index >= 15 is 0 Å². The molecule has 0 spiro atoms. The van der Waals surface area contributed by atoms with Gasteiger partial charge in [0.2, 0.25) is 17.7 Å². The van der Waals surface area contributed by atoms with Gasteiger partial charge < -0.3 is 15.0 Å². The number of pyridine rings is 1. The van der Waals surface area contributed by atoms with Crippen LogP contribution in [0.5, 0.6) is 5.88 Å². The molecule has 1 aromatic rings. The monoisotopic (exact) mass is 331 g/mol. The van der Waals surface area contributed by atoms with Crippen molar-refractivity contribution in [1.29, 1.82) is 0 Å². The molecule has 2 aliphatic rings. The molecule has 1 saturated heterocycles. The van der Waals surface area contributed by atoms with Gasteiger partial charge in [0.15, 0.2) is 0 Å². The van der Waals surface area contributed by atoms with Crippen molar-refractivity contribution in [2.75, 3.05) is 19.7 Å². The van der Waals surface area contributed by atoms with E-state index in [1.165, 1.54) is 0 Å². The highest BCUT2D eigenvalue weighted by molar-refractivity contribution is 5.83. The number of carbonyl (C=O) groups is 2. The molecule has 1 aliphatic heterocycles. The third kappa shape index (κ3) is 4.04. The molecule has 1 atom stereocenters. The Bertz CT molecular complexity index is 601. The van der Waals surface area contributed by atoms with Crippen molar-refractivity contribution >= 4 is 11.8 Å². The zero-order valence-electron chi connectivity index (χ0n) is 14.2. The summed E-state index contributed by atoms with van der Waals surface area (Å²) in [6.07, 6.45) is 5.43. The summed E-state index contributed by atoms with van der Waals surface area (Å²) in [4.78, 5) is 30.7. The van der Waals surface area contributed by atoms with Crippen molar-refractivity contribution in [3.63, 3.8) is 0 Å². The first-order valence-corrected chi connectivity index (χ1v) is 8.82. The van der Waals surface area contributed by atoms with Crippen LogP contribution in [0, 0.1) is 11.8 Å². The Hall–Kier alpha value is -2.11. The lowest BCUT2D eigenvalue weighted by molar-refractivity contribution is -0.136. The van der Waals surface area contributed by atoms with Crippen LogP contribution in [0.4, 0.5) is 0 Å². The Balaban J connectivity index is 1.54. The maximum absolute atomic E-state index is 12.5. The van der Waals surface area contributed by atoms with Crippen LogP contribution >= 0.6 is 0 Å². The number of ether oxygens (including phenoxy) is 1. The molecule has 1 saturated carbocycles. The minimum Gasteiger partial charge on any atom is -0.478 e. The van der Waals surface area contributed by atoms with Crippen LogP contribution < -0.4 is 10.1 Å². The first-order chi connectivity index (χ1) is 11.7. The average Bonchev–Trinajstić information content (AvgIpc) is 3.45. The van der Waals surface area contributed by atoms with Gasteiger partial charge in [0.25, 0.3) is 0 Å². The highest BCUT2D eigenvalue weighted by Gasteiger charge is 2.36. The van der Waals surface area contributed by atoms with Crippen LogP contribution in [0.1, 0.15) is 38.2 Å². The van der Waals surface area contributed by atoms with Gasteiger partial charge >= 0.3 is 0 Å². The fraction of sp³-hybridized carbons (Fsp3) is 0.611. The summed E-state index contributed by atoms with van der Waals surface area (Å²) in [6.45, 7) is 4.18. The van der Waals surface area contributed by atoms with E-state index in [2.05, 4.69) is 10.3 Å². The van der Waals surface area contributed by atoms with E-state index < -0.39 is 0 Å². The van der Waals surface area contributed by atoms with Crippen molar-refractivity contribution in [1.82, 2.24) is 15.2 Å². The van der Waals surface area contributed by atoms with Crippen molar-refractivity contribution in [2.45, 2.75) is 39.2 Å². The largest absolute Gasteiger partial charge is 0.478 e. The molecule has 6 heteroatoms. The van der Waals surface area contributed by atoms with E-state index in [1.807, 2.05) is 24.0 Å². The van der Waals surface area contributed by atoms with E-state index in [-0.39, 0.29) is 23.7 Å². The maximum atomic E-state index is 12.5. The molecular weight excluding hydrogens is 306 g/mol. The second kappa shape index (κ2) is 7.64. The molecule has 1 aromatic heterocycles. The molecule has 6 nitrogen and oxygen atoms in total. The molecular formula is C18H25N3O3. The molecule has 2 fully saturated rings. The van der Waals surface area contributed by atoms with Gasteiger partial charge in [0, 0.05) is 37.3 Å². The molecule has 3 rings (SSSR count). The molecule has 2 heterocycles. The lowest BCUT2D eigenvalue weighted by Crippen LogP contribution is -2.45. The lowest BCUT2D eigenvalue weighted by Gasteiger charge is -2.32. The van der Waals surface area contributed by atoms with Crippen LogP contribution in [-0.4, -0.2) is 41.4 Å². The van der Waals surface area contributed by atoms with Gasteiger partial charge in [-0.15, -0.1) is 0 Å². The number of piperidine rings is 1. The molecule has 130 valence electrons. The Morgan fingerprint density at radius 1 is 1.33 bits per heavy atom. The van der Waals surface area contributed by atoms with Crippen LogP contribution in [-0.2, 0) is 16.1 Å². The van der Waals surface area contributed by atoms with E-state index in [1.54, 1.807) is 6.20 Å². The van der Waals surface area contributed by atoms with Crippen LogP contribution in [0.3, 0.4) is 0 Å². The number of hydrogen-bond donors (Lipinski definition) is 1. The number of carbonyl (C=O) groups excluding carboxylic acids is 2. The Morgan fingerprint density at radius 3 is 2.92 bits per heavy atom. The number of likely N-dealkylation sites (tertiary alicyclic amines) is 1. The zero-order chi connectivity index (χ0) is 16.9. The number of hydrogen-bond acceptors (Lipinski definition) is 4. The van der Waals surface area contributed by atoms with Crippen LogP contribution in [0.2, 0.25) is 0 Å². The van der Waals surface area contributed by atoms with Gasteiger partial charge in [-0.2, -0.15) is 0 Å². The van der Waals surface area contributed by atoms with Crippen LogP contribution in [0.15, 0.2) is 18.3 Å². The summed E-state index contributed by atoms with van der Waals surface area (Å²) >= 11 is 0. The number of nitrogens with one attached hydrogen (secondary N) is 1. The van der Waals surface area contributed by atoms with Crippen molar-refractivity contribution in [2.24, 2.45) is 11.8 Å². The highest BCUT2D eigenvalue weighted by Crippen LogP contribution is 2.32. The fourth-order valence-corrected chi connectivity index (χ4v) is 3.13. The van der Waals surface area contributed by atoms with Crippen molar-refractivity contribution in [3.05, 3.63) is 23.9 Å². The van der Waals surface area contributed by atoms with Gasteiger partial charge in [-0.3, -0.25) is 9.59 Å². The zero-order valence-corrected chi connectivity index (χ0v) is 14.2. The number of rotatable bonds is 6. The first-order valence-electron chi connectivity index (χ1n) is 8.82. The fourth-order valence-electron chi connectivity index (χ4n) is 3.13. The summed E-state index contributed by atoms with van der Waals surface area (Å²) in [5.74, 6) is 0.909. The number of nitrogens with zero attached hydrogens (tertiary/aromatic N) is 2. The summed E-state index contributed by atoms with van der Waals surface area (Å²) < 4.78 is 5.48. The average molecular weight is 331 g/mol. The highest BCUT2D eigenvalue weighted by atomic mass is 16.5. The molecule has 1 aliphatic carbocycles. The van der Waals surface area contributed by atoms with Gasteiger partial charge in [-0.1, -0.05) is 6.07 Å². The smallest absolute Gasteiger partial charge is 0.225 e. The van der Waals surface area contributed by atoms with E-state index in [4.69, 9.17) is 4.74 Å². The minimum atomic E-state index is -0.117. The summed E-state index contributed by atoms with van der Waals surface area (Å²) in [6, 6.07) is 3.74. The standard InChI is InChI=1S/C18H25N3O3/c1-2-24-17-14(5-3-9-19-17)11-20-16(22)15-6-4-10-21(12-15)18(23)13-7-8-13/h3,5,9,13,15H,2,4,6-8,10-12H2,1H3,(H,20,22)/t15-/m0/s1. The molecule has 0 unspecified atom stereocenters. The van der Waals surface area contributed by atoms with Crippen molar-refractivity contribution < 1.29 is 14.3 Å². The van der Waals surface area contributed by atoms with Gasteiger partial charge in [-0.25, -0.2) is 4.98 Å². The normalized spacial score (nSPS) is 20.5. The molecule has 0 radical (unpaired) electrons. The van der Waals surface area contributed by atoms with E-state index in [9.17, 15) is 9.59 Å². The third-order valence-corrected chi connectivity index (χ3v) is 4.61. The minimum absolute atomic E-state index is 0.00889. The molecule has 1 N–H and O–H groups in total. The second-order valence-electron chi connectivity index (χ2n) is 6.52. The predicted molar refractivity (Wildman–Crippen MR) is 89.3 cm³/mol. The van der Waals surface area contributed by atoms with Crippen LogP contribution in [0.25, 0.3) is 0 Å². The summed E-state index contributed by atoms with van der Waals surface area (Å²) in [5.41, 5.74) is 0.870. The Morgan fingerprint density at radius 2 is 2.17 bits per heavy atom. The second-order valence-corrected chi connectivity index (χ2v) is 6.52. The van der Waals surface area contributed by atoms with Gasteiger partial charge in [0.05, 0.1) is 12.5 Å². The summed E-state index contributed by atoms with van der Waals surface area (Å²) in [5, 5.41) is 2.97. The third-order valence-electron chi connectivity index (χ3n) is 4.61. The first kappa shape index (κ1) is 16.7. The molecule has 2 amide bonds. The quantitative estimate of drug-likeness (QED) is 0.862. The van der Waals surface area contributed by atoms with Gasteiger partial charge in [0.1, 0.15) is 0 Å². The maximum Gasteiger partial charge on any atom is 0.225 e. The SMILES string of the molecule is CCOc1ncccc1CNC(=O)[C@H]1CCCN(C(=O)C2CC2)C1. The molecule has 0 bridgehead atoms. The lowest BCUT2D eigenvalue weighted by atomic mass is 9.96. The topological polar surface area (TPSA) is 71.5 Å². The summed E-state index contributed by atoms with van der Waals surface area (Å²) in [7, 11) is 0.